The van der Waals surface area contributed by atoms with Crippen molar-refractivity contribution in [2.24, 2.45) is 5.92 Å². The van der Waals surface area contributed by atoms with Crippen LogP contribution in [0.15, 0.2) is 53.6 Å². The van der Waals surface area contributed by atoms with E-state index in [1.807, 2.05) is 50.0 Å². The fourth-order valence-corrected chi connectivity index (χ4v) is 6.91. The van der Waals surface area contributed by atoms with Crippen LogP contribution in [-0.4, -0.2) is 46.7 Å². The number of aromatic nitrogens is 2. The number of aliphatic hydroxyl groups excluding tert-OH is 1. The van der Waals surface area contributed by atoms with E-state index in [9.17, 15) is 9.59 Å². The van der Waals surface area contributed by atoms with Gasteiger partial charge in [-0.2, -0.15) is 0 Å². The van der Waals surface area contributed by atoms with Crippen LogP contribution in [0.5, 0.6) is 5.75 Å². The molecule has 212 valence electrons. The topological polar surface area (TPSA) is 96.7 Å². The molecular weight excluding hydrogens is 563 g/mol. The molecule has 2 amide bonds. The molecule has 41 heavy (non-hydrogen) atoms. The Morgan fingerprint density at radius 2 is 2.00 bits per heavy atom. The molecule has 3 aromatic rings. The number of aryl methyl sites for hydroxylation is 1. The molecule has 2 aliphatic heterocycles. The highest BCUT2D eigenvalue weighted by molar-refractivity contribution is 6.33. The number of halogens is 2. The van der Waals surface area contributed by atoms with Gasteiger partial charge in [0, 0.05) is 45.6 Å². The number of nitrogens with one attached hydrogen (secondary N) is 1. The van der Waals surface area contributed by atoms with Gasteiger partial charge in [0.1, 0.15) is 11.6 Å². The van der Waals surface area contributed by atoms with Gasteiger partial charge >= 0.3 is 0 Å². The molecule has 0 saturated heterocycles. The third-order valence-electron chi connectivity index (χ3n) is 8.08. The zero-order valence-corrected chi connectivity index (χ0v) is 24.6. The van der Waals surface area contributed by atoms with E-state index >= 15 is 0 Å². The van der Waals surface area contributed by atoms with E-state index in [1.165, 1.54) is 0 Å². The third-order valence-corrected chi connectivity index (χ3v) is 8.66. The number of allylic oxidation sites excluding steroid dienone is 3. The van der Waals surface area contributed by atoms with Gasteiger partial charge < -0.3 is 19.7 Å². The molecule has 3 heterocycles. The number of fused-ring (bicyclic) bond motifs is 8. The second-order valence-electron chi connectivity index (χ2n) is 10.8. The number of hydrogen-bond acceptors (Lipinski definition) is 5. The van der Waals surface area contributed by atoms with E-state index in [2.05, 4.69) is 16.0 Å². The summed E-state index contributed by atoms with van der Waals surface area (Å²) in [7, 11) is 1.56. The van der Waals surface area contributed by atoms with Crippen molar-refractivity contribution in [3.05, 3.63) is 86.7 Å². The number of hydrogen-bond donors (Lipinski definition) is 2. The predicted octanol–water partition coefficient (Wildman–Crippen LogP) is 5.93. The number of methoxy groups -OCH3 is 1. The van der Waals surface area contributed by atoms with Crippen LogP contribution in [0.25, 0.3) is 11.4 Å². The minimum atomic E-state index is -0.338. The fraction of sp³-hybridized carbons (Fsp3) is 0.323. The van der Waals surface area contributed by atoms with Crippen molar-refractivity contribution in [2.75, 3.05) is 25.2 Å². The van der Waals surface area contributed by atoms with Gasteiger partial charge in [-0.25, -0.2) is 4.98 Å². The first-order valence-electron chi connectivity index (χ1n) is 13.6. The SMILES string of the molecule is COc1ccc(C(=O)NCCO)cc1-c1nc2c(n1C(C)C)[C@H]1C3C=CC(Cl)=CC3c3c(Cl)ccc(C)c3N1C2=O. The summed E-state index contributed by atoms with van der Waals surface area (Å²) < 4.78 is 7.77. The first-order chi connectivity index (χ1) is 19.7. The molecule has 0 saturated carbocycles. The largest absolute Gasteiger partial charge is 0.496 e. The Kier molecular flexibility index (Phi) is 6.96. The van der Waals surface area contributed by atoms with Gasteiger partial charge in [0.15, 0.2) is 5.69 Å². The van der Waals surface area contributed by atoms with Crippen molar-refractivity contribution in [1.29, 1.82) is 0 Å². The van der Waals surface area contributed by atoms with Gasteiger partial charge in [-0.1, -0.05) is 41.4 Å². The molecule has 0 fully saturated rings. The zero-order chi connectivity index (χ0) is 29.2. The molecule has 0 spiro atoms. The number of nitrogens with zero attached hydrogens (tertiary/aromatic N) is 3. The Morgan fingerprint density at radius 1 is 1.22 bits per heavy atom. The quantitative estimate of drug-likeness (QED) is 0.370. The minimum absolute atomic E-state index is 0.0717. The Morgan fingerprint density at radius 3 is 2.71 bits per heavy atom. The smallest absolute Gasteiger partial charge is 0.279 e. The van der Waals surface area contributed by atoms with Crippen molar-refractivity contribution in [2.45, 2.75) is 38.8 Å². The van der Waals surface area contributed by atoms with Crippen LogP contribution in [0.1, 0.15) is 69.5 Å². The number of rotatable bonds is 6. The van der Waals surface area contributed by atoms with E-state index in [1.54, 1.807) is 25.3 Å². The molecule has 6 rings (SSSR count). The lowest BCUT2D eigenvalue weighted by Crippen LogP contribution is -2.41. The van der Waals surface area contributed by atoms with E-state index in [0.29, 0.717) is 38.4 Å². The van der Waals surface area contributed by atoms with Gasteiger partial charge in [-0.05, 0) is 56.7 Å². The summed E-state index contributed by atoms with van der Waals surface area (Å²) >= 11 is 13.3. The van der Waals surface area contributed by atoms with Crippen molar-refractivity contribution in [3.8, 4) is 17.1 Å². The number of amides is 2. The third kappa shape index (κ3) is 4.19. The lowest BCUT2D eigenvalue weighted by molar-refractivity contribution is 0.0943. The molecule has 10 heteroatoms. The van der Waals surface area contributed by atoms with E-state index in [-0.39, 0.29) is 48.9 Å². The summed E-state index contributed by atoms with van der Waals surface area (Å²) in [6.07, 6.45) is 5.97. The first kappa shape index (κ1) is 27.6. The van der Waals surface area contributed by atoms with Gasteiger partial charge in [0.2, 0.25) is 0 Å². The van der Waals surface area contributed by atoms with Crippen molar-refractivity contribution in [3.63, 3.8) is 0 Å². The van der Waals surface area contributed by atoms with Crippen LogP contribution in [0.3, 0.4) is 0 Å². The maximum atomic E-state index is 14.3. The van der Waals surface area contributed by atoms with Crippen LogP contribution in [0, 0.1) is 12.8 Å². The monoisotopic (exact) mass is 592 g/mol. The van der Waals surface area contributed by atoms with Crippen LogP contribution < -0.4 is 15.0 Å². The highest BCUT2D eigenvalue weighted by Crippen LogP contribution is 2.58. The summed E-state index contributed by atoms with van der Waals surface area (Å²) in [4.78, 5) is 33.9. The summed E-state index contributed by atoms with van der Waals surface area (Å²) in [6, 6.07) is 8.50. The van der Waals surface area contributed by atoms with Crippen LogP contribution in [0.4, 0.5) is 5.69 Å². The average Bonchev–Trinajstić information content (AvgIpc) is 3.48. The number of imidazole rings is 1. The van der Waals surface area contributed by atoms with Crippen LogP contribution in [-0.2, 0) is 0 Å². The highest BCUT2D eigenvalue weighted by atomic mass is 35.5. The molecule has 0 radical (unpaired) electrons. The van der Waals surface area contributed by atoms with E-state index in [4.69, 9.17) is 38.0 Å². The van der Waals surface area contributed by atoms with Gasteiger partial charge in [0.25, 0.3) is 11.8 Å². The average molecular weight is 594 g/mol. The summed E-state index contributed by atoms with van der Waals surface area (Å²) in [5.74, 6) is 0.317. The Balaban J connectivity index is 1.58. The Bertz CT molecular complexity index is 1660. The van der Waals surface area contributed by atoms with E-state index < -0.39 is 0 Å². The lowest BCUT2D eigenvalue weighted by atomic mass is 9.73. The molecule has 2 unspecified atom stereocenters. The molecular formula is C31H30Cl2N4O4. The fourth-order valence-electron chi connectivity index (χ4n) is 6.42. The normalized spacial score (nSPS) is 20.4. The maximum Gasteiger partial charge on any atom is 0.279 e. The lowest BCUT2D eigenvalue weighted by Gasteiger charge is -2.44. The van der Waals surface area contributed by atoms with Crippen molar-refractivity contribution in [1.82, 2.24) is 14.9 Å². The second-order valence-corrected chi connectivity index (χ2v) is 11.6. The van der Waals surface area contributed by atoms with Gasteiger partial charge in [0.05, 0.1) is 36.7 Å². The van der Waals surface area contributed by atoms with Crippen LogP contribution >= 0.6 is 23.2 Å². The summed E-state index contributed by atoms with van der Waals surface area (Å²) in [6.45, 7) is 6.06. The number of carbonyl (C=O) groups excluding carboxylic acids is 2. The summed E-state index contributed by atoms with van der Waals surface area (Å²) in [5.41, 5.74) is 4.83. The molecule has 1 aliphatic carbocycles. The van der Waals surface area contributed by atoms with Crippen molar-refractivity contribution >= 4 is 40.7 Å². The van der Waals surface area contributed by atoms with Crippen molar-refractivity contribution < 1.29 is 19.4 Å². The molecule has 3 aliphatic rings. The Hall–Kier alpha value is -3.59. The zero-order valence-electron chi connectivity index (χ0n) is 23.1. The number of carbonyl (C=O) groups is 2. The molecule has 0 bridgehead atoms. The van der Waals surface area contributed by atoms with Gasteiger partial charge in [-0.15, -0.1) is 0 Å². The molecule has 2 aromatic carbocycles. The standard InChI is InChI=1S/C31H30Cl2N4O4/c1-15(2)36-28-25(35-29(36)21-13-17(6-10-23(21)41-4)30(39)34-11-12-38)31(40)37-26-16(3)5-9-22(33)24(26)20-14-18(32)7-8-19(20)27(28)37/h5-10,13-15,19-20,27,38H,11-12H2,1-4H3,(H,34,39)/t19?,20?,27-/m1/s1. The molecule has 8 nitrogen and oxygen atoms in total. The molecule has 1 aromatic heterocycles. The Labute approximate surface area is 248 Å². The van der Waals surface area contributed by atoms with Gasteiger partial charge in [-0.3, -0.25) is 14.5 Å². The predicted molar refractivity (Wildman–Crippen MR) is 159 cm³/mol. The number of anilines is 1. The van der Waals surface area contributed by atoms with Crippen LogP contribution in [0.2, 0.25) is 5.02 Å². The van der Waals surface area contributed by atoms with E-state index in [0.717, 1.165) is 22.5 Å². The summed E-state index contributed by atoms with van der Waals surface area (Å²) in [5, 5.41) is 13.1. The highest BCUT2D eigenvalue weighted by Gasteiger charge is 2.53. The number of ether oxygens (including phenoxy) is 1. The first-order valence-corrected chi connectivity index (χ1v) is 14.3. The maximum absolute atomic E-state index is 14.3. The minimum Gasteiger partial charge on any atom is -0.496 e. The number of benzene rings is 2. The number of aliphatic hydroxyl groups is 1. The molecule has 2 N–H and O–H groups in total. The molecule has 3 atom stereocenters. The second kappa shape index (κ2) is 10.4.